The van der Waals surface area contributed by atoms with Crippen LogP contribution in [-0.2, 0) is 4.79 Å². The predicted molar refractivity (Wildman–Crippen MR) is 113 cm³/mol. The van der Waals surface area contributed by atoms with E-state index in [-0.39, 0.29) is 11.3 Å². The van der Waals surface area contributed by atoms with Gasteiger partial charge in [0.2, 0.25) is 5.91 Å². The number of hydrogen-bond donors (Lipinski definition) is 1. The lowest BCUT2D eigenvalue weighted by Crippen LogP contribution is -2.40. The Hall–Kier alpha value is -2.88. The SMILES string of the molecule is O=C(Nc1ccccc1)C1(C2CCN(c3ccnc4ccccc34)CC2)CC1. The Bertz CT molecular complexity index is 984. The van der Waals surface area contributed by atoms with Gasteiger partial charge in [-0.05, 0) is 55.9 Å². The van der Waals surface area contributed by atoms with Crippen LogP contribution < -0.4 is 10.2 Å². The number of rotatable bonds is 4. The summed E-state index contributed by atoms with van der Waals surface area (Å²) in [5.74, 6) is 0.687. The van der Waals surface area contributed by atoms with Crippen LogP contribution in [0.2, 0.25) is 0 Å². The lowest BCUT2D eigenvalue weighted by atomic mass is 9.80. The molecule has 0 atom stereocenters. The van der Waals surface area contributed by atoms with Crippen molar-refractivity contribution in [2.24, 2.45) is 11.3 Å². The van der Waals surface area contributed by atoms with Crippen molar-refractivity contribution in [3.8, 4) is 0 Å². The van der Waals surface area contributed by atoms with Gasteiger partial charge in [-0.25, -0.2) is 0 Å². The summed E-state index contributed by atoms with van der Waals surface area (Å²) in [6, 6.07) is 20.3. The number of benzene rings is 2. The van der Waals surface area contributed by atoms with Crippen LogP contribution in [0.4, 0.5) is 11.4 Å². The Kier molecular flexibility index (Phi) is 4.27. The fourth-order valence-corrected chi connectivity index (χ4v) is 4.76. The van der Waals surface area contributed by atoms with Crippen molar-refractivity contribution >= 4 is 28.2 Å². The van der Waals surface area contributed by atoms with Gasteiger partial charge in [0.25, 0.3) is 0 Å². The standard InChI is InChI=1S/C24H25N3O/c28-23(26-19-6-2-1-3-7-19)24(13-14-24)18-11-16-27(17-12-18)22-10-15-25-21-9-5-4-8-20(21)22/h1-10,15,18H,11-14,16-17H2,(H,26,28). The molecule has 28 heavy (non-hydrogen) atoms. The topological polar surface area (TPSA) is 45.2 Å². The van der Waals surface area contributed by atoms with Crippen molar-refractivity contribution in [1.82, 2.24) is 4.98 Å². The van der Waals surface area contributed by atoms with E-state index in [1.54, 1.807) is 0 Å². The van der Waals surface area contributed by atoms with E-state index >= 15 is 0 Å². The number of nitrogens with one attached hydrogen (secondary N) is 1. The molecule has 2 aromatic carbocycles. The Morgan fingerprint density at radius 2 is 1.68 bits per heavy atom. The number of fused-ring (bicyclic) bond motifs is 1. The van der Waals surface area contributed by atoms with Crippen LogP contribution in [0.15, 0.2) is 66.9 Å². The van der Waals surface area contributed by atoms with Gasteiger partial charge in [0, 0.05) is 36.0 Å². The fourth-order valence-electron chi connectivity index (χ4n) is 4.76. The highest BCUT2D eigenvalue weighted by Gasteiger charge is 2.55. The van der Waals surface area contributed by atoms with Gasteiger partial charge in [0.05, 0.1) is 10.9 Å². The second-order valence-corrected chi connectivity index (χ2v) is 8.08. The number of nitrogens with zero attached hydrogens (tertiary/aromatic N) is 2. The van der Waals surface area contributed by atoms with E-state index in [0.717, 1.165) is 50.0 Å². The molecule has 4 nitrogen and oxygen atoms in total. The molecule has 4 heteroatoms. The van der Waals surface area contributed by atoms with Crippen molar-refractivity contribution in [2.75, 3.05) is 23.3 Å². The van der Waals surface area contributed by atoms with E-state index in [4.69, 9.17) is 0 Å². The number of para-hydroxylation sites is 2. The summed E-state index contributed by atoms with van der Waals surface area (Å²) < 4.78 is 0. The van der Waals surface area contributed by atoms with Crippen LogP contribution in [0.3, 0.4) is 0 Å². The molecule has 2 aliphatic rings. The first kappa shape index (κ1) is 17.2. The number of hydrogen-bond acceptors (Lipinski definition) is 3. The highest BCUT2D eigenvalue weighted by Crippen LogP contribution is 2.56. The maximum Gasteiger partial charge on any atom is 0.230 e. The third kappa shape index (κ3) is 3.03. The van der Waals surface area contributed by atoms with Gasteiger partial charge in [0.15, 0.2) is 0 Å². The van der Waals surface area contributed by atoms with Crippen molar-refractivity contribution in [3.05, 3.63) is 66.9 Å². The van der Waals surface area contributed by atoms with Crippen LogP contribution in [0.25, 0.3) is 10.9 Å². The minimum absolute atomic E-state index is 0.151. The Morgan fingerprint density at radius 3 is 2.43 bits per heavy atom. The second-order valence-electron chi connectivity index (χ2n) is 8.08. The normalized spacial score (nSPS) is 18.8. The molecule has 0 spiro atoms. The van der Waals surface area contributed by atoms with Crippen LogP contribution in [0.1, 0.15) is 25.7 Å². The summed E-state index contributed by atoms with van der Waals surface area (Å²) >= 11 is 0. The molecule has 142 valence electrons. The van der Waals surface area contributed by atoms with Crippen LogP contribution in [-0.4, -0.2) is 24.0 Å². The molecular weight excluding hydrogens is 346 g/mol. The zero-order valence-electron chi connectivity index (χ0n) is 16.0. The van der Waals surface area contributed by atoms with Gasteiger partial charge in [-0.3, -0.25) is 9.78 Å². The first-order valence-corrected chi connectivity index (χ1v) is 10.2. The predicted octanol–water partition coefficient (Wildman–Crippen LogP) is 4.87. The van der Waals surface area contributed by atoms with Gasteiger partial charge < -0.3 is 10.2 Å². The zero-order chi connectivity index (χ0) is 19.0. The third-order valence-corrected chi connectivity index (χ3v) is 6.52. The van der Waals surface area contributed by atoms with Gasteiger partial charge >= 0.3 is 0 Å². The lowest BCUT2D eigenvalue weighted by Gasteiger charge is -2.37. The van der Waals surface area contributed by atoms with Crippen molar-refractivity contribution in [3.63, 3.8) is 0 Å². The van der Waals surface area contributed by atoms with E-state index < -0.39 is 0 Å². The summed E-state index contributed by atoms with van der Waals surface area (Å²) in [6.07, 6.45) is 6.08. The molecule has 2 heterocycles. The molecule has 1 aliphatic carbocycles. The molecule has 1 amide bonds. The highest BCUT2D eigenvalue weighted by molar-refractivity contribution is 5.97. The van der Waals surface area contributed by atoms with Gasteiger partial charge in [-0.1, -0.05) is 36.4 Å². The molecule has 2 fully saturated rings. The smallest absolute Gasteiger partial charge is 0.230 e. The summed E-state index contributed by atoms with van der Waals surface area (Å²) in [7, 11) is 0. The third-order valence-electron chi connectivity index (χ3n) is 6.52. The van der Waals surface area contributed by atoms with Crippen LogP contribution >= 0.6 is 0 Å². The van der Waals surface area contributed by atoms with E-state index in [2.05, 4.69) is 39.5 Å². The van der Waals surface area contributed by atoms with Gasteiger partial charge in [-0.15, -0.1) is 0 Å². The maximum absolute atomic E-state index is 13.0. The number of aromatic nitrogens is 1. The number of carbonyl (C=O) groups excluding carboxylic acids is 1. The number of carbonyl (C=O) groups is 1. The first-order valence-electron chi connectivity index (χ1n) is 10.2. The minimum atomic E-state index is -0.151. The molecule has 3 aromatic rings. The highest BCUT2D eigenvalue weighted by atomic mass is 16.2. The van der Waals surface area contributed by atoms with E-state index in [1.165, 1.54) is 11.1 Å². The summed E-state index contributed by atoms with van der Waals surface area (Å²) in [5, 5.41) is 4.36. The summed E-state index contributed by atoms with van der Waals surface area (Å²) in [6.45, 7) is 2.00. The van der Waals surface area contributed by atoms with Gasteiger partial charge in [-0.2, -0.15) is 0 Å². The molecule has 0 radical (unpaired) electrons. The number of pyridine rings is 1. The second kappa shape index (κ2) is 6.93. The molecule has 1 aliphatic heterocycles. The number of amides is 1. The van der Waals surface area contributed by atoms with Crippen LogP contribution in [0, 0.1) is 11.3 Å². The zero-order valence-corrected chi connectivity index (χ0v) is 16.0. The summed E-state index contributed by atoms with van der Waals surface area (Å²) in [4.78, 5) is 19.9. The first-order chi connectivity index (χ1) is 13.8. The van der Waals surface area contributed by atoms with Crippen molar-refractivity contribution in [1.29, 1.82) is 0 Å². The monoisotopic (exact) mass is 371 g/mol. The number of piperidine rings is 1. The summed E-state index contributed by atoms with van der Waals surface area (Å²) in [5.41, 5.74) is 3.06. The molecule has 0 bridgehead atoms. The van der Waals surface area contributed by atoms with E-state index in [1.807, 2.05) is 42.6 Å². The average Bonchev–Trinajstić information content (AvgIpc) is 3.56. The Balaban J connectivity index is 1.29. The number of anilines is 2. The maximum atomic E-state index is 13.0. The molecule has 1 aromatic heterocycles. The average molecular weight is 371 g/mol. The van der Waals surface area contributed by atoms with E-state index in [0.29, 0.717) is 5.92 Å². The largest absolute Gasteiger partial charge is 0.371 e. The molecule has 1 N–H and O–H groups in total. The van der Waals surface area contributed by atoms with E-state index in [9.17, 15) is 4.79 Å². The van der Waals surface area contributed by atoms with Crippen molar-refractivity contribution < 1.29 is 4.79 Å². The molecular formula is C24H25N3O. The molecule has 5 rings (SSSR count). The van der Waals surface area contributed by atoms with Gasteiger partial charge in [0.1, 0.15) is 0 Å². The Labute approximate surface area is 165 Å². The fraction of sp³-hybridized carbons (Fsp3) is 0.333. The quantitative estimate of drug-likeness (QED) is 0.712. The molecule has 0 unspecified atom stereocenters. The molecule has 1 saturated carbocycles. The molecule has 1 saturated heterocycles. The van der Waals surface area contributed by atoms with Crippen molar-refractivity contribution in [2.45, 2.75) is 25.7 Å². The lowest BCUT2D eigenvalue weighted by molar-refractivity contribution is -0.123. The minimum Gasteiger partial charge on any atom is -0.371 e. The Morgan fingerprint density at radius 1 is 0.964 bits per heavy atom. The van der Waals surface area contributed by atoms with Crippen LogP contribution in [0.5, 0.6) is 0 Å².